The molecule has 2 aromatic carbocycles. The van der Waals surface area contributed by atoms with Gasteiger partial charge in [0.2, 0.25) is 10.0 Å². The summed E-state index contributed by atoms with van der Waals surface area (Å²) in [6.45, 7) is 0.571. The van der Waals surface area contributed by atoms with Crippen LogP contribution in [0.15, 0.2) is 71.0 Å². The Morgan fingerprint density at radius 2 is 1.90 bits per heavy atom. The van der Waals surface area contributed by atoms with E-state index in [1.54, 1.807) is 0 Å². The van der Waals surface area contributed by atoms with E-state index in [0.29, 0.717) is 23.2 Å². The quantitative estimate of drug-likeness (QED) is 0.331. The van der Waals surface area contributed by atoms with Gasteiger partial charge in [0.15, 0.2) is 11.8 Å². The average molecular weight is 462 g/mol. The summed E-state index contributed by atoms with van der Waals surface area (Å²) in [6.07, 6.45) is 1.42. The minimum atomic E-state index is -3.63. The third kappa shape index (κ3) is 6.81. The molecule has 0 spiro atoms. The molecule has 1 amide bonds. The molecular formula is C20H23N5O4S2. The predicted octanol–water partition coefficient (Wildman–Crippen LogP) is 1.91. The average Bonchev–Trinajstić information content (AvgIpc) is 3.30. The van der Waals surface area contributed by atoms with Crippen molar-refractivity contribution < 1.29 is 17.9 Å². The maximum atomic E-state index is 12.8. The number of rotatable bonds is 11. The fraction of sp³-hybridized carbons (Fsp3) is 0.250. The van der Waals surface area contributed by atoms with Gasteiger partial charge in [-0.15, -0.1) is 0 Å². The van der Waals surface area contributed by atoms with E-state index in [9.17, 15) is 13.2 Å². The Balaban J connectivity index is 1.45. The van der Waals surface area contributed by atoms with Crippen molar-refractivity contribution in [1.82, 2.24) is 24.8 Å². The van der Waals surface area contributed by atoms with Crippen LogP contribution in [-0.2, 0) is 21.4 Å². The summed E-state index contributed by atoms with van der Waals surface area (Å²) in [5.41, 5.74) is 0.902. The van der Waals surface area contributed by atoms with Gasteiger partial charge in [0.05, 0.1) is 4.90 Å². The Kier molecular flexibility index (Phi) is 8.04. The highest BCUT2D eigenvalue weighted by Gasteiger charge is 2.21. The van der Waals surface area contributed by atoms with Gasteiger partial charge in [-0.3, -0.25) is 9.89 Å². The van der Waals surface area contributed by atoms with E-state index in [1.165, 1.54) is 53.7 Å². The number of amides is 1. The Bertz CT molecular complexity index is 1060. The van der Waals surface area contributed by atoms with Crippen LogP contribution < -0.4 is 10.1 Å². The van der Waals surface area contributed by atoms with Gasteiger partial charge in [0, 0.05) is 25.9 Å². The first-order chi connectivity index (χ1) is 14.9. The number of sulfonamides is 1. The normalized spacial score (nSPS) is 11.4. The van der Waals surface area contributed by atoms with Crippen molar-refractivity contribution in [3.05, 3.63) is 66.5 Å². The summed E-state index contributed by atoms with van der Waals surface area (Å²) in [6, 6.07) is 15.4. The first-order valence-electron chi connectivity index (χ1n) is 9.43. The van der Waals surface area contributed by atoms with Crippen LogP contribution in [0.1, 0.15) is 5.56 Å². The molecule has 0 atom stereocenters. The van der Waals surface area contributed by atoms with E-state index in [-0.39, 0.29) is 24.0 Å². The monoisotopic (exact) mass is 461 g/mol. The molecule has 0 radical (unpaired) electrons. The van der Waals surface area contributed by atoms with Crippen molar-refractivity contribution in [2.75, 3.05) is 26.0 Å². The number of carbonyl (C=O) groups is 1. The highest BCUT2D eigenvalue weighted by Crippen LogP contribution is 2.20. The van der Waals surface area contributed by atoms with Gasteiger partial charge in [0.25, 0.3) is 5.91 Å². The molecule has 2 N–H and O–H groups in total. The van der Waals surface area contributed by atoms with E-state index < -0.39 is 10.0 Å². The minimum absolute atomic E-state index is 0.159. The van der Waals surface area contributed by atoms with Crippen LogP contribution >= 0.6 is 11.8 Å². The molecule has 0 saturated carbocycles. The van der Waals surface area contributed by atoms with Crippen LogP contribution in [-0.4, -0.2) is 59.8 Å². The summed E-state index contributed by atoms with van der Waals surface area (Å²) < 4.78 is 32.2. The molecule has 1 aromatic heterocycles. The number of benzene rings is 2. The number of nitrogens with one attached hydrogen (secondary N) is 2. The molecule has 0 aliphatic rings. The van der Waals surface area contributed by atoms with Crippen molar-refractivity contribution >= 4 is 27.7 Å². The zero-order valence-electron chi connectivity index (χ0n) is 16.9. The molecule has 0 aliphatic carbocycles. The fourth-order valence-electron chi connectivity index (χ4n) is 2.62. The Morgan fingerprint density at radius 3 is 2.58 bits per heavy atom. The summed E-state index contributed by atoms with van der Waals surface area (Å²) >= 11 is 1.44. The van der Waals surface area contributed by atoms with E-state index in [4.69, 9.17) is 4.74 Å². The summed E-state index contributed by atoms with van der Waals surface area (Å²) in [7, 11) is -2.10. The van der Waals surface area contributed by atoms with Crippen LogP contribution in [0.3, 0.4) is 0 Å². The van der Waals surface area contributed by atoms with E-state index >= 15 is 0 Å². The van der Waals surface area contributed by atoms with Crippen LogP contribution in [0.5, 0.6) is 5.75 Å². The lowest BCUT2D eigenvalue weighted by Gasteiger charge is -2.17. The number of carbonyl (C=O) groups excluding carboxylic acids is 1. The fourth-order valence-corrected chi connectivity index (χ4v) is 4.41. The number of aromatic nitrogens is 3. The summed E-state index contributed by atoms with van der Waals surface area (Å²) in [5.74, 6) is 0.789. The topological polar surface area (TPSA) is 117 Å². The van der Waals surface area contributed by atoms with Crippen LogP contribution in [0.2, 0.25) is 0 Å². The third-order valence-corrected chi connectivity index (χ3v) is 6.90. The van der Waals surface area contributed by atoms with Gasteiger partial charge < -0.3 is 10.1 Å². The van der Waals surface area contributed by atoms with Crippen molar-refractivity contribution in [2.24, 2.45) is 0 Å². The number of ether oxygens (including phenoxy) is 1. The smallest absolute Gasteiger partial charge is 0.257 e. The SMILES string of the molecule is CN(Cc1ccccc1)S(=O)(=O)c1ccc(OCC(=O)NCCSc2ncn[nH]2)cc1. The molecule has 11 heteroatoms. The lowest BCUT2D eigenvalue weighted by molar-refractivity contribution is -0.122. The van der Waals surface area contributed by atoms with Crippen molar-refractivity contribution in [3.63, 3.8) is 0 Å². The van der Waals surface area contributed by atoms with Crippen molar-refractivity contribution in [3.8, 4) is 5.75 Å². The Morgan fingerprint density at radius 1 is 1.16 bits per heavy atom. The van der Waals surface area contributed by atoms with Crippen LogP contribution in [0, 0.1) is 0 Å². The highest BCUT2D eigenvalue weighted by atomic mass is 32.2. The summed E-state index contributed by atoms with van der Waals surface area (Å²) in [5, 5.41) is 9.90. The molecule has 3 rings (SSSR count). The molecule has 9 nitrogen and oxygen atoms in total. The molecule has 0 bridgehead atoms. The molecule has 3 aromatic rings. The number of hydrogen-bond acceptors (Lipinski definition) is 7. The Hall–Kier alpha value is -2.89. The van der Waals surface area contributed by atoms with Gasteiger partial charge in [0.1, 0.15) is 12.1 Å². The van der Waals surface area contributed by atoms with Gasteiger partial charge in [-0.05, 0) is 29.8 Å². The maximum absolute atomic E-state index is 12.8. The van der Waals surface area contributed by atoms with Gasteiger partial charge in [-0.25, -0.2) is 13.4 Å². The first kappa shape index (κ1) is 22.8. The molecule has 0 fully saturated rings. The van der Waals surface area contributed by atoms with Gasteiger partial charge >= 0.3 is 0 Å². The minimum Gasteiger partial charge on any atom is -0.484 e. The lowest BCUT2D eigenvalue weighted by Crippen LogP contribution is -2.30. The number of thioether (sulfide) groups is 1. The molecule has 1 heterocycles. The standard InChI is InChI=1S/C20H23N5O4S2/c1-25(13-16-5-3-2-4-6-16)31(27,28)18-9-7-17(8-10-18)29-14-19(26)21-11-12-30-20-22-15-23-24-20/h2-10,15H,11-14H2,1H3,(H,21,26)(H,22,23,24). The van der Waals surface area contributed by atoms with Crippen LogP contribution in [0.4, 0.5) is 0 Å². The molecule has 31 heavy (non-hydrogen) atoms. The molecule has 0 unspecified atom stereocenters. The zero-order valence-corrected chi connectivity index (χ0v) is 18.5. The van der Waals surface area contributed by atoms with E-state index in [0.717, 1.165) is 5.56 Å². The number of H-pyrrole nitrogens is 1. The maximum Gasteiger partial charge on any atom is 0.257 e. The predicted molar refractivity (Wildman–Crippen MR) is 117 cm³/mol. The molecule has 164 valence electrons. The van der Waals surface area contributed by atoms with Crippen LogP contribution in [0.25, 0.3) is 0 Å². The molecular weight excluding hydrogens is 438 g/mol. The highest BCUT2D eigenvalue weighted by molar-refractivity contribution is 7.99. The molecule has 0 aliphatic heterocycles. The number of nitrogens with zero attached hydrogens (tertiary/aromatic N) is 3. The molecule has 0 saturated heterocycles. The van der Waals surface area contributed by atoms with E-state index in [1.807, 2.05) is 30.3 Å². The van der Waals surface area contributed by atoms with Gasteiger partial charge in [-0.2, -0.15) is 9.40 Å². The number of aromatic amines is 1. The first-order valence-corrected chi connectivity index (χ1v) is 11.9. The van der Waals surface area contributed by atoms with Gasteiger partial charge in [-0.1, -0.05) is 42.1 Å². The Labute approximate surface area is 185 Å². The second-order valence-electron chi connectivity index (χ2n) is 6.50. The summed E-state index contributed by atoms with van der Waals surface area (Å²) in [4.78, 5) is 16.0. The van der Waals surface area contributed by atoms with Crippen molar-refractivity contribution in [1.29, 1.82) is 0 Å². The number of hydrogen-bond donors (Lipinski definition) is 2. The largest absolute Gasteiger partial charge is 0.484 e. The lowest BCUT2D eigenvalue weighted by atomic mass is 10.2. The third-order valence-electron chi connectivity index (χ3n) is 4.21. The second-order valence-corrected chi connectivity index (χ2v) is 9.62. The second kappa shape index (κ2) is 10.9. The van der Waals surface area contributed by atoms with E-state index in [2.05, 4.69) is 20.5 Å². The zero-order chi connectivity index (χ0) is 22.1. The van der Waals surface area contributed by atoms with Crippen molar-refractivity contribution in [2.45, 2.75) is 16.6 Å².